The highest BCUT2D eigenvalue weighted by atomic mass is 16.5. The molecule has 0 amide bonds. The summed E-state index contributed by atoms with van der Waals surface area (Å²) in [6, 6.07) is 3.62. The fourth-order valence-electron chi connectivity index (χ4n) is 2.64. The van der Waals surface area contributed by atoms with Crippen molar-refractivity contribution in [2.75, 3.05) is 18.6 Å². The first-order valence-electron chi connectivity index (χ1n) is 7.17. The van der Waals surface area contributed by atoms with Crippen molar-refractivity contribution in [2.45, 2.75) is 44.8 Å². The highest BCUT2D eigenvalue weighted by molar-refractivity contribution is 5.89. The van der Waals surface area contributed by atoms with Gasteiger partial charge in [-0.3, -0.25) is 0 Å². The number of hydrogen-bond acceptors (Lipinski definition) is 5. The first-order chi connectivity index (χ1) is 9.63. The Labute approximate surface area is 119 Å². The number of carbonyl (C=O) groups excluding carboxylic acids is 1. The number of aliphatic hydroxyl groups excluding tert-OH is 1. The maximum atomic E-state index is 11.6. The number of carbonyl (C=O) groups is 1. The average Bonchev–Trinajstić information content (AvgIpc) is 2.47. The van der Waals surface area contributed by atoms with E-state index >= 15 is 0 Å². The molecule has 20 heavy (non-hydrogen) atoms. The molecule has 1 aliphatic carbocycles. The molecule has 1 aliphatic rings. The van der Waals surface area contributed by atoms with Crippen LogP contribution in [0.4, 0.5) is 5.82 Å². The number of ether oxygens (including phenoxy) is 1. The SMILES string of the molecule is CCOC(=O)c1ccc(N(C)C2CCCCC2O)nc1. The molecule has 0 radical (unpaired) electrons. The molecule has 0 spiro atoms. The van der Waals surface area contributed by atoms with Gasteiger partial charge in [-0.1, -0.05) is 12.8 Å². The van der Waals surface area contributed by atoms with Crippen molar-refractivity contribution >= 4 is 11.8 Å². The van der Waals surface area contributed by atoms with E-state index in [9.17, 15) is 9.90 Å². The number of likely N-dealkylation sites (N-methyl/N-ethyl adjacent to an activating group) is 1. The van der Waals surface area contributed by atoms with Gasteiger partial charge in [-0.15, -0.1) is 0 Å². The van der Waals surface area contributed by atoms with Crippen molar-refractivity contribution in [3.05, 3.63) is 23.9 Å². The molecule has 110 valence electrons. The lowest BCUT2D eigenvalue weighted by Crippen LogP contribution is -2.43. The molecule has 1 fully saturated rings. The number of aliphatic hydroxyl groups is 1. The number of hydrogen-bond donors (Lipinski definition) is 1. The fraction of sp³-hybridized carbons (Fsp3) is 0.600. The van der Waals surface area contributed by atoms with Crippen molar-refractivity contribution in [1.29, 1.82) is 0 Å². The second-order valence-corrected chi connectivity index (χ2v) is 5.16. The summed E-state index contributed by atoms with van der Waals surface area (Å²) in [6.07, 6.45) is 5.25. The van der Waals surface area contributed by atoms with Gasteiger partial charge in [-0.05, 0) is 31.9 Å². The summed E-state index contributed by atoms with van der Waals surface area (Å²) < 4.78 is 4.93. The van der Waals surface area contributed by atoms with Crippen LogP contribution in [0.3, 0.4) is 0 Å². The molecule has 2 atom stereocenters. The molecule has 1 heterocycles. The van der Waals surface area contributed by atoms with E-state index in [0.29, 0.717) is 12.2 Å². The molecule has 5 heteroatoms. The molecule has 0 saturated heterocycles. The van der Waals surface area contributed by atoms with Gasteiger partial charge in [-0.25, -0.2) is 9.78 Å². The topological polar surface area (TPSA) is 62.7 Å². The zero-order valence-electron chi connectivity index (χ0n) is 12.1. The Morgan fingerprint density at radius 1 is 1.45 bits per heavy atom. The molecular formula is C15H22N2O3. The first kappa shape index (κ1) is 14.8. The van der Waals surface area contributed by atoms with Crippen molar-refractivity contribution in [2.24, 2.45) is 0 Å². The van der Waals surface area contributed by atoms with Gasteiger partial charge in [0, 0.05) is 13.2 Å². The minimum absolute atomic E-state index is 0.102. The van der Waals surface area contributed by atoms with Crippen LogP contribution < -0.4 is 4.90 Å². The molecule has 1 N–H and O–H groups in total. The highest BCUT2D eigenvalue weighted by Gasteiger charge is 2.27. The van der Waals surface area contributed by atoms with Crippen LogP contribution in [-0.2, 0) is 4.74 Å². The van der Waals surface area contributed by atoms with E-state index in [1.54, 1.807) is 19.1 Å². The van der Waals surface area contributed by atoms with Crippen molar-refractivity contribution in [3.8, 4) is 0 Å². The van der Waals surface area contributed by atoms with E-state index < -0.39 is 0 Å². The Hall–Kier alpha value is -1.62. The fourth-order valence-corrected chi connectivity index (χ4v) is 2.64. The largest absolute Gasteiger partial charge is 0.462 e. The van der Waals surface area contributed by atoms with E-state index in [2.05, 4.69) is 4.98 Å². The van der Waals surface area contributed by atoms with E-state index in [1.165, 1.54) is 6.20 Å². The third-order valence-corrected chi connectivity index (χ3v) is 3.81. The summed E-state index contributed by atoms with van der Waals surface area (Å²) >= 11 is 0. The standard InChI is InChI=1S/C15H22N2O3/c1-3-20-15(19)11-8-9-14(16-10-11)17(2)12-6-4-5-7-13(12)18/h8-10,12-13,18H,3-7H2,1-2H3. The Balaban J connectivity index is 2.07. The summed E-state index contributed by atoms with van der Waals surface area (Å²) in [5, 5.41) is 10.1. The van der Waals surface area contributed by atoms with E-state index in [1.807, 2.05) is 11.9 Å². The Bertz CT molecular complexity index is 447. The van der Waals surface area contributed by atoms with Crippen LogP contribution in [-0.4, -0.2) is 41.9 Å². The van der Waals surface area contributed by atoms with Gasteiger partial charge in [0.2, 0.25) is 0 Å². The number of pyridine rings is 1. The Morgan fingerprint density at radius 2 is 2.20 bits per heavy atom. The van der Waals surface area contributed by atoms with Gasteiger partial charge in [0.05, 0.1) is 24.3 Å². The zero-order chi connectivity index (χ0) is 14.5. The summed E-state index contributed by atoms with van der Waals surface area (Å²) in [4.78, 5) is 17.9. The maximum absolute atomic E-state index is 11.6. The van der Waals surface area contributed by atoms with Crippen LogP contribution >= 0.6 is 0 Å². The second-order valence-electron chi connectivity index (χ2n) is 5.16. The molecule has 5 nitrogen and oxygen atoms in total. The molecule has 1 saturated carbocycles. The van der Waals surface area contributed by atoms with Crippen LogP contribution in [0.25, 0.3) is 0 Å². The molecule has 0 aliphatic heterocycles. The number of rotatable bonds is 4. The van der Waals surface area contributed by atoms with E-state index in [0.717, 1.165) is 31.5 Å². The highest BCUT2D eigenvalue weighted by Crippen LogP contribution is 2.25. The molecule has 1 aromatic heterocycles. The molecule has 0 aromatic carbocycles. The number of anilines is 1. The molecule has 2 rings (SSSR count). The third-order valence-electron chi connectivity index (χ3n) is 3.81. The molecular weight excluding hydrogens is 256 g/mol. The summed E-state index contributed by atoms with van der Waals surface area (Å²) in [6.45, 7) is 2.13. The predicted molar refractivity (Wildman–Crippen MR) is 76.9 cm³/mol. The summed E-state index contributed by atoms with van der Waals surface area (Å²) in [5.74, 6) is 0.413. The normalized spacial score (nSPS) is 22.4. The smallest absolute Gasteiger partial charge is 0.339 e. The second kappa shape index (κ2) is 6.70. The van der Waals surface area contributed by atoms with Crippen LogP contribution in [0, 0.1) is 0 Å². The third kappa shape index (κ3) is 3.28. The molecule has 2 unspecified atom stereocenters. The number of aromatic nitrogens is 1. The molecule has 0 bridgehead atoms. The first-order valence-corrected chi connectivity index (χ1v) is 7.17. The van der Waals surface area contributed by atoms with Gasteiger partial charge >= 0.3 is 5.97 Å². The van der Waals surface area contributed by atoms with Gasteiger partial charge in [0.15, 0.2) is 0 Å². The monoisotopic (exact) mass is 278 g/mol. The number of esters is 1. The van der Waals surface area contributed by atoms with E-state index in [-0.39, 0.29) is 18.1 Å². The maximum Gasteiger partial charge on any atom is 0.339 e. The minimum Gasteiger partial charge on any atom is -0.462 e. The van der Waals surface area contributed by atoms with Crippen molar-refractivity contribution in [1.82, 2.24) is 4.98 Å². The lowest BCUT2D eigenvalue weighted by Gasteiger charge is -2.35. The summed E-state index contributed by atoms with van der Waals surface area (Å²) in [5.41, 5.74) is 0.452. The van der Waals surface area contributed by atoms with Crippen LogP contribution in [0.15, 0.2) is 18.3 Å². The van der Waals surface area contributed by atoms with E-state index in [4.69, 9.17) is 4.74 Å². The van der Waals surface area contributed by atoms with Crippen LogP contribution in [0.1, 0.15) is 43.0 Å². The van der Waals surface area contributed by atoms with Gasteiger partial charge < -0.3 is 14.7 Å². The van der Waals surface area contributed by atoms with Gasteiger partial charge in [-0.2, -0.15) is 0 Å². The van der Waals surface area contributed by atoms with Crippen molar-refractivity contribution < 1.29 is 14.6 Å². The minimum atomic E-state index is -0.355. The lowest BCUT2D eigenvalue weighted by molar-refractivity contribution is 0.0526. The zero-order valence-corrected chi connectivity index (χ0v) is 12.1. The average molecular weight is 278 g/mol. The Kier molecular flexibility index (Phi) is 4.95. The van der Waals surface area contributed by atoms with Gasteiger partial charge in [0.25, 0.3) is 0 Å². The predicted octanol–water partition coefficient (Wildman–Crippen LogP) is 2.00. The van der Waals surface area contributed by atoms with Crippen molar-refractivity contribution in [3.63, 3.8) is 0 Å². The molecule has 1 aromatic rings. The Morgan fingerprint density at radius 3 is 2.80 bits per heavy atom. The van der Waals surface area contributed by atoms with Crippen LogP contribution in [0.5, 0.6) is 0 Å². The lowest BCUT2D eigenvalue weighted by atomic mass is 9.91. The van der Waals surface area contributed by atoms with Gasteiger partial charge in [0.1, 0.15) is 5.82 Å². The quantitative estimate of drug-likeness (QED) is 0.853. The summed E-state index contributed by atoms with van der Waals surface area (Å²) in [7, 11) is 1.94. The van der Waals surface area contributed by atoms with Crippen LogP contribution in [0.2, 0.25) is 0 Å². The number of nitrogens with zero attached hydrogens (tertiary/aromatic N) is 2.